The fourth-order valence-corrected chi connectivity index (χ4v) is 4.21. The molecule has 3 rings (SSSR count). The molecule has 1 aliphatic rings. The van der Waals surface area contributed by atoms with Gasteiger partial charge in [0.1, 0.15) is 11.6 Å². The molecular formula is C18H17F2NO5S. The summed E-state index contributed by atoms with van der Waals surface area (Å²) in [4.78, 5) is 11.0. The number of rotatable bonds is 6. The fourth-order valence-electron chi connectivity index (χ4n) is 2.94. The number of aliphatic carboxylic acids is 1. The number of carbonyl (C=O) groups is 1. The maximum atomic E-state index is 14.1. The third-order valence-corrected chi connectivity index (χ3v) is 5.74. The summed E-state index contributed by atoms with van der Waals surface area (Å²) in [6.45, 7) is 0.839. The molecule has 27 heavy (non-hydrogen) atoms. The average molecular weight is 397 g/mol. The van der Waals surface area contributed by atoms with Crippen molar-refractivity contribution in [2.75, 3.05) is 6.61 Å². The molecule has 6 nitrogen and oxygen atoms in total. The highest BCUT2D eigenvalue weighted by atomic mass is 32.2. The lowest BCUT2D eigenvalue weighted by Gasteiger charge is -2.20. The van der Waals surface area contributed by atoms with Crippen molar-refractivity contribution in [3.8, 4) is 0 Å². The van der Waals surface area contributed by atoms with Gasteiger partial charge in [-0.25, -0.2) is 21.9 Å². The Hall–Kier alpha value is -2.36. The number of carboxylic acids is 1. The molecule has 0 bridgehead atoms. The average Bonchev–Trinajstić information content (AvgIpc) is 2.60. The molecule has 0 aromatic heterocycles. The predicted molar refractivity (Wildman–Crippen MR) is 91.5 cm³/mol. The molecule has 0 unspecified atom stereocenters. The van der Waals surface area contributed by atoms with Crippen molar-refractivity contribution in [1.82, 2.24) is 4.72 Å². The second kappa shape index (κ2) is 7.71. The van der Waals surface area contributed by atoms with Gasteiger partial charge in [0, 0.05) is 11.6 Å². The maximum Gasteiger partial charge on any atom is 0.305 e. The smallest absolute Gasteiger partial charge is 0.305 e. The minimum Gasteiger partial charge on any atom is -0.481 e. The summed E-state index contributed by atoms with van der Waals surface area (Å²) in [5.41, 5.74) is 1.46. The van der Waals surface area contributed by atoms with Crippen molar-refractivity contribution in [2.24, 2.45) is 0 Å². The van der Waals surface area contributed by atoms with E-state index in [-0.39, 0.29) is 17.1 Å². The minimum atomic E-state index is -4.14. The zero-order valence-corrected chi connectivity index (χ0v) is 14.9. The van der Waals surface area contributed by atoms with Gasteiger partial charge in [-0.15, -0.1) is 0 Å². The molecule has 1 atom stereocenters. The lowest BCUT2D eigenvalue weighted by Crippen LogP contribution is -2.31. The zero-order chi connectivity index (χ0) is 19.6. The summed E-state index contributed by atoms with van der Waals surface area (Å²) in [5.74, 6) is -3.20. The Labute approximate surface area is 154 Å². The Bertz CT molecular complexity index is 978. The van der Waals surface area contributed by atoms with Gasteiger partial charge in [0.2, 0.25) is 10.0 Å². The maximum absolute atomic E-state index is 14.1. The summed E-state index contributed by atoms with van der Waals surface area (Å²) in [6, 6.07) is 5.70. The van der Waals surface area contributed by atoms with E-state index in [1.807, 2.05) is 0 Å². The highest BCUT2D eigenvalue weighted by Gasteiger charge is 2.27. The van der Waals surface area contributed by atoms with Crippen LogP contribution in [-0.2, 0) is 32.6 Å². The van der Waals surface area contributed by atoms with Crippen LogP contribution >= 0.6 is 0 Å². The molecule has 2 N–H and O–H groups in total. The summed E-state index contributed by atoms with van der Waals surface area (Å²) < 4.78 is 60.2. The third kappa shape index (κ3) is 4.49. The van der Waals surface area contributed by atoms with Crippen LogP contribution in [0.15, 0.2) is 41.3 Å². The molecule has 2 aromatic carbocycles. The number of sulfonamides is 1. The molecular weight excluding hydrogens is 380 g/mol. The molecule has 9 heteroatoms. The molecule has 0 saturated heterocycles. The first-order chi connectivity index (χ1) is 12.8. The number of ether oxygens (including phenoxy) is 1. The summed E-state index contributed by atoms with van der Waals surface area (Å²) in [5, 5.41) is 9.07. The van der Waals surface area contributed by atoms with Gasteiger partial charge in [0.25, 0.3) is 0 Å². The molecule has 144 valence electrons. The highest BCUT2D eigenvalue weighted by molar-refractivity contribution is 7.89. The first-order valence-electron chi connectivity index (χ1n) is 8.15. The number of hydrogen-bond acceptors (Lipinski definition) is 4. The summed E-state index contributed by atoms with van der Waals surface area (Å²) >= 11 is 0. The Balaban J connectivity index is 1.93. The van der Waals surface area contributed by atoms with E-state index in [0.29, 0.717) is 19.1 Å². The minimum absolute atomic E-state index is 0.0790. The van der Waals surface area contributed by atoms with Gasteiger partial charge in [-0.05, 0) is 35.7 Å². The molecule has 2 aromatic rings. The second-order valence-corrected chi connectivity index (χ2v) is 7.88. The predicted octanol–water partition coefficient (Wildman–Crippen LogP) is 2.53. The van der Waals surface area contributed by atoms with Gasteiger partial charge in [0.05, 0.1) is 30.6 Å². The molecule has 0 aliphatic carbocycles. The van der Waals surface area contributed by atoms with Crippen LogP contribution in [0.1, 0.15) is 29.2 Å². The Morgan fingerprint density at radius 3 is 2.67 bits per heavy atom. The van der Waals surface area contributed by atoms with Crippen molar-refractivity contribution < 1.29 is 31.8 Å². The van der Waals surface area contributed by atoms with E-state index in [1.165, 1.54) is 12.1 Å². The van der Waals surface area contributed by atoms with E-state index in [4.69, 9.17) is 9.84 Å². The standard InChI is InChI=1S/C18H17F2NO5S/c19-13-2-4-15(16(20)8-13)17(9-18(22)23)21-27(24,25)14-3-1-11-5-6-26-10-12(11)7-14/h1-4,7-8,17,21H,5-6,9-10H2,(H,22,23)/t17-/m0/s1. The topological polar surface area (TPSA) is 92.7 Å². The number of benzene rings is 2. The van der Waals surface area contributed by atoms with Crippen molar-refractivity contribution >= 4 is 16.0 Å². The lowest BCUT2D eigenvalue weighted by molar-refractivity contribution is -0.137. The zero-order valence-electron chi connectivity index (χ0n) is 14.1. The van der Waals surface area contributed by atoms with E-state index >= 15 is 0 Å². The number of halogens is 2. The van der Waals surface area contributed by atoms with Crippen LogP contribution in [0.25, 0.3) is 0 Å². The second-order valence-electron chi connectivity index (χ2n) is 6.17. The van der Waals surface area contributed by atoms with E-state index in [1.54, 1.807) is 6.07 Å². The van der Waals surface area contributed by atoms with Crippen molar-refractivity contribution in [2.45, 2.75) is 30.4 Å². The van der Waals surface area contributed by atoms with E-state index < -0.39 is 40.1 Å². The highest BCUT2D eigenvalue weighted by Crippen LogP contribution is 2.26. The van der Waals surface area contributed by atoms with Gasteiger partial charge < -0.3 is 9.84 Å². The van der Waals surface area contributed by atoms with Crippen molar-refractivity contribution in [3.63, 3.8) is 0 Å². The van der Waals surface area contributed by atoms with Crippen LogP contribution in [0.5, 0.6) is 0 Å². The quantitative estimate of drug-likeness (QED) is 0.782. The van der Waals surface area contributed by atoms with E-state index in [9.17, 15) is 22.0 Å². The summed E-state index contributed by atoms with van der Waals surface area (Å²) in [6.07, 6.45) is -0.0264. The van der Waals surface area contributed by atoms with Gasteiger partial charge in [-0.2, -0.15) is 0 Å². The molecule has 0 saturated carbocycles. The molecule has 0 spiro atoms. The van der Waals surface area contributed by atoms with Crippen LogP contribution in [0, 0.1) is 11.6 Å². The molecule has 0 amide bonds. The van der Waals surface area contributed by atoms with E-state index in [2.05, 4.69) is 4.72 Å². The van der Waals surface area contributed by atoms with E-state index in [0.717, 1.165) is 23.3 Å². The fraction of sp³-hybridized carbons (Fsp3) is 0.278. The van der Waals surface area contributed by atoms with Gasteiger partial charge in [0.15, 0.2) is 0 Å². The number of carboxylic acid groups (broad SMARTS) is 1. The summed E-state index contributed by atoms with van der Waals surface area (Å²) in [7, 11) is -4.14. The van der Waals surface area contributed by atoms with Crippen LogP contribution in [0.3, 0.4) is 0 Å². The Kier molecular flexibility index (Phi) is 5.54. The first kappa shape index (κ1) is 19.4. The third-order valence-electron chi connectivity index (χ3n) is 4.28. The molecule has 1 heterocycles. The molecule has 0 radical (unpaired) electrons. The lowest BCUT2D eigenvalue weighted by atomic mass is 10.0. The Morgan fingerprint density at radius 1 is 1.19 bits per heavy atom. The first-order valence-corrected chi connectivity index (χ1v) is 9.63. The Morgan fingerprint density at radius 2 is 1.96 bits per heavy atom. The number of hydrogen-bond donors (Lipinski definition) is 2. The van der Waals surface area contributed by atoms with Crippen LogP contribution in [-0.4, -0.2) is 26.1 Å². The molecule has 0 fully saturated rings. The van der Waals surface area contributed by atoms with Crippen LogP contribution in [0.2, 0.25) is 0 Å². The monoisotopic (exact) mass is 397 g/mol. The van der Waals surface area contributed by atoms with Crippen LogP contribution < -0.4 is 4.72 Å². The molecule has 1 aliphatic heterocycles. The largest absolute Gasteiger partial charge is 0.481 e. The van der Waals surface area contributed by atoms with Gasteiger partial charge in [-0.3, -0.25) is 4.79 Å². The van der Waals surface area contributed by atoms with Crippen molar-refractivity contribution in [1.29, 1.82) is 0 Å². The van der Waals surface area contributed by atoms with Gasteiger partial charge >= 0.3 is 5.97 Å². The SMILES string of the molecule is O=C(O)C[C@H](NS(=O)(=O)c1ccc2c(c1)COCC2)c1ccc(F)cc1F. The van der Waals surface area contributed by atoms with Crippen LogP contribution in [0.4, 0.5) is 8.78 Å². The normalized spacial score (nSPS) is 15.2. The van der Waals surface area contributed by atoms with Gasteiger partial charge in [-0.1, -0.05) is 12.1 Å². The number of fused-ring (bicyclic) bond motifs is 1. The number of nitrogens with one attached hydrogen (secondary N) is 1. The van der Waals surface area contributed by atoms with Crippen molar-refractivity contribution in [3.05, 3.63) is 64.7 Å².